The van der Waals surface area contributed by atoms with Crippen LogP contribution in [0.1, 0.15) is 18.4 Å². The number of rotatable bonds is 5. The van der Waals surface area contributed by atoms with Crippen molar-refractivity contribution in [1.29, 1.82) is 0 Å². The molecule has 10 heteroatoms. The zero-order valence-electron chi connectivity index (χ0n) is 16.0. The number of aromatic nitrogens is 1. The summed E-state index contributed by atoms with van der Waals surface area (Å²) in [6.45, 7) is -0.729. The lowest BCUT2D eigenvalue weighted by molar-refractivity contribution is -0.362. The largest absolute Gasteiger partial charge is 0.493 e. The van der Waals surface area contributed by atoms with Crippen LogP contribution in [0.3, 0.4) is 0 Å². The first kappa shape index (κ1) is 20.4. The molecule has 4 rings (SSSR count). The Bertz CT molecular complexity index is 979. The van der Waals surface area contributed by atoms with Crippen LogP contribution < -0.4 is 15.8 Å². The van der Waals surface area contributed by atoms with Crippen molar-refractivity contribution in [1.82, 2.24) is 4.98 Å². The van der Waals surface area contributed by atoms with Gasteiger partial charge in [-0.2, -0.15) is 17.6 Å². The van der Waals surface area contributed by atoms with Gasteiger partial charge in [0.25, 0.3) is 0 Å². The van der Waals surface area contributed by atoms with Gasteiger partial charge < -0.3 is 20.5 Å². The normalized spacial score (nSPS) is 26.8. The van der Waals surface area contributed by atoms with Gasteiger partial charge in [0.1, 0.15) is 12.4 Å². The van der Waals surface area contributed by atoms with Crippen LogP contribution >= 0.6 is 0 Å². The van der Waals surface area contributed by atoms with Crippen LogP contribution in [0.5, 0.6) is 5.75 Å². The number of nitrogens with two attached hydrogens (primary N) is 1. The molecule has 1 aliphatic heterocycles. The van der Waals surface area contributed by atoms with Crippen molar-refractivity contribution in [2.75, 3.05) is 19.0 Å². The minimum Gasteiger partial charge on any atom is -0.493 e. The number of halogens is 4. The van der Waals surface area contributed by atoms with Crippen LogP contribution in [-0.4, -0.2) is 36.6 Å². The number of nitrogens with zero attached hydrogens (tertiary/aromatic N) is 2. The third-order valence-electron chi connectivity index (χ3n) is 5.32. The molecule has 1 fully saturated rings. The van der Waals surface area contributed by atoms with Crippen LogP contribution in [0, 0.1) is 5.92 Å². The maximum absolute atomic E-state index is 15.7. The minimum absolute atomic E-state index is 0.0207. The fourth-order valence-corrected chi connectivity index (χ4v) is 3.87. The van der Waals surface area contributed by atoms with E-state index >= 15 is 4.39 Å². The molecule has 6 nitrogen and oxygen atoms in total. The second-order valence-corrected chi connectivity index (χ2v) is 7.29. The Morgan fingerprint density at radius 3 is 2.67 bits per heavy atom. The molecule has 30 heavy (non-hydrogen) atoms. The minimum atomic E-state index is -5.30. The number of nitrogens with one attached hydrogen (secondary N) is 1. The third-order valence-corrected chi connectivity index (χ3v) is 5.32. The van der Waals surface area contributed by atoms with Crippen LogP contribution in [0.4, 0.5) is 29.1 Å². The summed E-state index contributed by atoms with van der Waals surface area (Å²) < 4.78 is 67.3. The molecule has 160 valence electrons. The van der Waals surface area contributed by atoms with Crippen molar-refractivity contribution >= 4 is 17.3 Å². The van der Waals surface area contributed by atoms with Crippen LogP contribution in [0.2, 0.25) is 0 Å². The number of ether oxygens (including phenoxy) is 2. The summed E-state index contributed by atoms with van der Waals surface area (Å²) in [6.07, 6.45) is -2.99. The van der Waals surface area contributed by atoms with E-state index in [4.69, 9.17) is 15.2 Å². The number of aliphatic imine (C=N–C) groups is 1. The molecule has 1 aliphatic carbocycles. The van der Waals surface area contributed by atoms with E-state index in [1.165, 1.54) is 31.5 Å². The summed E-state index contributed by atoms with van der Waals surface area (Å²) in [5, 5.41) is 3.00. The lowest BCUT2D eigenvalue weighted by atomic mass is 9.77. The van der Waals surface area contributed by atoms with E-state index in [2.05, 4.69) is 15.3 Å². The van der Waals surface area contributed by atoms with Crippen LogP contribution in [-0.2, 0) is 10.3 Å². The van der Waals surface area contributed by atoms with E-state index in [1.54, 1.807) is 18.2 Å². The highest BCUT2D eigenvalue weighted by Gasteiger charge is 2.76. The second-order valence-electron chi connectivity index (χ2n) is 7.29. The predicted molar refractivity (Wildman–Crippen MR) is 102 cm³/mol. The maximum atomic E-state index is 15.7. The van der Waals surface area contributed by atoms with Gasteiger partial charge in [-0.15, -0.1) is 0 Å². The summed E-state index contributed by atoms with van der Waals surface area (Å²) in [5.41, 5.74) is 3.82. The topological polar surface area (TPSA) is 81.8 Å². The van der Waals surface area contributed by atoms with Gasteiger partial charge in [0.2, 0.25) is 0 Å². The average Bonchev–Trinajstić information content (AvgIpc) is 3.55. The Hall–Kier alpha value is -2.88. The quantitative estimate of drug-likeness (QED) is 0.708. The standard InChI is InChI=1S/C20H20F4N4O2/c1-29-15-6-3-9-26-17(15)27-14-5-2-4-13(10-14)18(12-7-8-12)19(21,20(22,23)24)30-11-16(25)28-18/h2-6,9-10,12H,7-8,11H2,1H3,(H2,25,28)(H,26,27). The van der Waals surface area contributed by atoms with Gasteiger partial charge in [-0.05, 0) is 48.6 Å². The fourth-order valence-electron chi connectivity index (χ4n) is 3.87. The first-order valence-corrected chi connectivity index (χ1v) is 9.31. The number of benzene rings is 1. The van der Waals surface area contributed by atoms with E-state index < -0.39 is 30.1 Å². The van der Waals surface area contributed by atoms with Gasteiger partial charge >= 0.3 is 12.0 Å². The molecule has 0 spiro atoms. The van der Waals surface area contributed by atoms with Crippen molar-refractivity contribution < 1.29 is 27.0 Å². The first-order valence-electron chi connectivity index (χ1n) is 9.31. The number of amidine groups is 1. The predicted octanol–water partition coefficient (Wildman–Crippen LogP) is 4.05. The Balaban J connectivity index is 1.82. The van der Waals surface area contributed by atoms with Gasteiger partial charge in [0.15, 0.2) is 17.1 Å². The molecule has 2 unspecified atom stereocenters. The Kier molecular flexibility index (Phi) is 4.84. The summed E-state index contributed by atoms with van der Waals surface area (Å²) in [6, 6.07) is 9.33. The van der Waals surface area contributed by atoms with E-state index in [9.17, 15) is 13.2 Å². The smallest absolute Gasteiger partial charge is 0.451 e. The highest BCUT2D eigenvalue weighted by molar-refractivity contribution is 5.83. The average molecular weight is 424 g/mol. The molecule has 2 aromatic rings. The second kappa shape index (κ2) is 7.12. The monoisotopic (exact) mass is 424 g/mol. The van der Waals surface area contributed by atoms with Crippen molar-refractivity contribution in [3.8, 4) is 5.75 Å². The van der Waals surface area contributed by atoms with Gasteiger partial charge in [-0.3, -0.25) is 4.99 Å². The molecule has 3 N–H and O–H groups in total. The number of anilines is 2. The summed E-state index contributed by atoms with van der Waals surface area (Å²) in [7, 11) is 1.47. The van der Waals surface area contributed by atoms with Crippen molar-refractivity contribution in [2.45, 2.75) is 30.4 Å². The first-order chi connectivity index (χ1) is 14.2. The summed E-state index contributed by atoms with van der Waals surface area (Å²) >= 11 is 0. The van der Waals surface area contributed by atoms with E-state index in [1.807, 2.05) is 0 Å². The van der Waals surface area contributed by atoms with Gasteiger partial charge in [-0.1, -0.05) is 12.1 Å². The highest BCUT2D eigenvalue weighted by atomic mass is 19.4. The number of alkyl halides is 4. The molecule has 1 saturated carbocycles. The number of hydrogen-bond acceptors (Lipinski definition) is 6. The Morgan fingerprint density at radius 1 is 1.23 bits per heavy atom. The molecule has 2 aliphatic rings. The third kappa shape index (κ3) is 3.15. The van der Waals surface area contributed by atoms with Crippen molar-refractivity contribution in [3.05, 3.63) is 48.2 Å². The molecular weight excluding hydrogens is 404 g/mol. The van der Waals surface area contributed by atoms with Gasteiger partial charge in [-0.25, -0.2) is 4.98 Å². The zero-order chi connectivity index (χ0) is 21.6. The van der Waals surface area contributed by atoms with E-state index in [-0.39, 0.29) is 11.4 Å². The fraction of sp³-hybridized carbons (Fsp3) is 0.400. The molecule has 2 atom stereocenters. The lowest BCUT2D eigenvalue weighted by Gasteiger charge is -2.46. The van der Waals surface area contributed by atoms with E-state index in [0.29, 0.717) is 30.1 Å². The van der Waals surface area contributed by atoms with E-state index in [0.717, 1.165) is 0 Å². The molecule has 0 saturated heterocycles. The molecule has 1 aromatic heterocycles. The zero-order valence-corrected chi connectivity index (χ0v) is 16.0. The molecule has 2 heterocycles. The number of pyridine rings is 1. The number of hydrogen-bond donors (Lipinski definition) is 2. The molecule has 0 amide bonds. The highest BCUT2D eigenvalue weighted by Crippen LogP contribution is 2.61. The number of methoxy groups -OCH3 is 1. The summed E-state index contributed by atoms with van der Waals surface area (Å²) in [5.74, 6) is -4.06. The van der Waals surface area contributed by atoms with Crippen molar-refractivity contribution in [2.24, 2.45) is 16.6 Å². The van der Waals surface area contributed by atoms with Gasteiger partial charge in [0, 0.05) is 11.9 Å². The van der Waals surface area contributed by atoms with Crippen LogP contribution in [0.25, 0.3) is 0 Å². The molecule has 0 radical (unpaired) electrons. The SMILES string of the molecule is COc1cccnc1Nc1cccc(C2(C3CC3)N=C(N)COC2(F)C(F)(F)F)c1. The van der Waals surface area contributed by atoms with Crippen molar-refractivity contribution in [3.63, 3.8) is 0 Å². The maximum Gasteiger partial charge on any atom is 0.451 e. The summed E-state index contributed by atoms with van der Waals surface area (Å²) in [4.78, 5) is 8.22. The lowest BCUT2D eigenvalue weighted by Crippen LogP contribution is -2.63. The molecule has 1 aromatic carbocycles. The molecular formula is C20H20F4N4O2. The van der Waals surface area contributed by atoms with Crippen LogP contribution in [0.15, 0.2) is 47.6 Å². The molecule has 0 bridgehead atoms. The Labute approximate surface area is 170 Å². The van der Waals surface area contributed by atoms with Gasteiger partial charge in [0.05, 0.1) is 7.11 Å². The Morgan fingerprint density at radius 2 is 2.00 bits per heavy atom.